The number of fused-ring (bicyclic) bond motifs is 1. The predicted octanol–water partition coefficient (Wildman–Crippen LogP) is 6.33. The van der Waals surface area contributed by atoms with Gasteiger partial charge in [-0.3, -0.25) is 4.98 Å². The molecule has 0 aliphatic carbocycles. The minimum absolute atomic E-state index is 0.138. The molecule has 0 saturated carbocycles. The zero-order valence-electron chi connectivity index (χ0n) is 17.9. The normalized spacial score (nSPS) is 16.2. The van der Waals surface area contributed by atoms with Crippen LogP contribution in [0.1, 0.15) is 45.0 Å². The Morgan fingerprint density at radius 3 is 2.55 bits per heavy atom. The Morgan fingerprint density at radius 2 is 1.87 bits per heavy atom. The SMILES string of the molecule is CC(C)(C)c1nc2cc(Sc3ccncc3C(F)(F)F)ccc2n1CC1CCOCC1. The second-order valence-corrected chi connectivity index (χ2v) is 10.1. The lowest BCUT2D eigenvalue weighted by Crippen LogP contribution is -2.25. The summed E-state index contributed by atoms with van der Waals surface area (Å²) in [7, 11) is 0. The standard InChI is InChI=1S/C23H26F3N3OS/c1-22(2,3)21-28-18-12-16(31-20-6-9-27-13-17(20)23(24,25)26)4-5-19(18)29(21)14-15-7-10-30-11-8-15/h4-6,9,12-13,15H,7-8,10-11,14H2,1-3H3. The maximum Gasteiger partial charge on any atom is 0.418 e. The number of alkyl halides is 3. The highest BCUT2D eigenvalue weighted by molar-refractivity contribution is 7.99. The first kappa shape index (κ1) is 22.1. The van der Waals surface area contributed by atoms with Crippen molar-refractivity contribution in [3.05, 3.63) is 48.0 Å². The van der Waals surface area contributed by atoms with Crippen molar-refractivity contribution in [3.63, 3.8) is 0 Å². The fraction of sp³-hybridized carbons (Fsp3) is 0.478. The maximum absolute atomic E-state index is 13.3. The third-order valence-electron chi connectivity index (χ3n) is 5.49. The zero-order valence-corrected chi connectivity index (χ0v) is 18.7. The smallest absolute Gasteiger partial charge is 0.381 e. The van der Waals surface area contributed by atoms with Crippen LogP contribution in [0.3, 0.4) is 0 Å². The Bertz CT molecular complexity index is 1070. The highest BCUT2D eigenvalue weighted by atomic mass is 32.2. The van der Waals surface area contributed by atoms with Gasteiger partial charge in [-0.25, -0.2) is 4.98 Å². The number of pyridine rings is 1. The third kappa shape index (κ3) is 4.90. The van der Waals surface area contributed by atoms with Gasteiger partial charge in [0.1, 0.15) is 5.82 Å². The van der Waals surface area contributed by atoms with Gasteiger partial charge in [0.05, 0.1) is 16.6 Å². The Hall–Kier alpha value is -2.06. The highest BCUT2D eigenvalue weighted by Gasteiger charge is 2.34. The van der Waals surface area contributed by atoms with Crippen molar-refractivity contribution in [2.24, 2.45) is 5.92 Å². The average molecular weight is 450 g/mol. The molecule has 8 heteroatoms. The number of nitrogens with zero attached hydrogens (tertiary/aromatic N) is 3. The lowest BCUT2D eigenvalue weighted by atomic mass is 9.94. The number of benzene rings is 1. The number of imidazole rings is 1. The molecule has 0 radical (unpaired) electrons. The molecular weight excluding hydrogens is 423 g/mol. The molecule has 4 nitrogen and oxygen atoms in total. The topological polar surface area (TPSA) is 39.9 Å². The van der Waals surface area contributed by atoms with Crippen molar-refractivity contribution in [1.29, 1.82) is 0 Å². The van der Waals surface area contributed by atoms with E-state index in [2.05, 4.69) is 30.3 Å². The first-order chi connectivity index (χ1) is 14.6. The van der Waals surface area contributed by atoms with Gasteiger partial charge >= 0.3 is 6.18 Å². The number of halogens is 3. The van der Waals surface area contributed by atoms with Crippen LogP contribution in [0.4, 0.5) is 13.2 Å². The van der Waals surface area contributed by atoms with Crippen LogP contribution in [0.2, 0.25) is 0 Å². The van der Waals surface area contributed by atoms with E-state index in [-0.39, 0.29) is 10.3 Å². The second-order valence-electron chi connectivity index (χ2n) is 8.97. The first-order valence-electron chi connectivity index (χ1n) is 10.4. The molecule has 4 rings (SSSR count). The number of hydrogen-bond donors (Lipinski definition) is 0. The molecule has 1 aromatic carbocycles. The fourth-order valence-electron chi connectivity index (χ4n) is 3.93. The lowest BCUT2D eigenvalue weighted by Gasteiger charge is -2.26. The largest absolute Gasteiger partial charge is 0.418 e. The van der Waals surface area contributed by atoms with Crippen LogP contribution in [-0.2, 0) is 22.9 Å². The van der Waals surface area contributed by atoms with Crippen LogP contribution >= 0.6 is 11.8 Å². The Morgan fingerprint density at radius 1 is 1.13 bits per heavy atom. The van der Waals surface area contributed by atoms with E-state index in [4.69, 9.17) is 9.72 Å². The molecule has 31 heavy (non-hydrogen) atoms. The number of aromatic nitrogens is 3. The van der Waals surface area contributed by atoms with Gasteiger partial charge in [0.25, 0.3) is 0 Å². The molecule has 1 saturated heterocycles. The average Bonchev–Trinajstić information content (AvgIpc) is 3.06. The number of ether oxygens (including phenoxy) is 1. The van der Waals surface area contributed by atoms with Gasteiger partial charge in [-0.2, -0.15) is 13.2 Å². The van der Waals surface area contributed by atoms with E-state index in [1.165, 1.54) is 12.3 Å². The molecule has 0 amide bonds. The van der Waals surface area contributed by atoms with E-state index < -0.39 is 11.7 Å². The van der Waals surface area contributed by atoms with Crippen LogP contribution in [0, 0.1) is 5.92 Å². The van der Waals surface area contributed by atoms with Crippen molar-refractivity contribution in [2.75, 3.05) is 13.2 Å². The van der Waals surface area contributed by atoms with Gasteiger partial charge in [0.15, 0.2) is 0 Å². The van der Waals surface area contributed by atoms with Gasteiger partial charge in [-0.15, -0.1) is 0 Å². The summed E-state index contributed by atoms with van der Waals surface area (Å²) in [4.78, 5) is 9.41. The molecule has 0 spiro atoms. The fourth-order valence-corrected chi connectivity index (χ4v) is 4.90. The summed E-state index contributed by atoms with van der Waals surface area (Å²) in [6, 6.07) is 7.15. The monoisotopic (exact) mass is 449 g/mol. The van der Waals surface area contributed by atoms with Crippen LogP contribution < -0.4 is 0 Å². The molecule has 3 aromatic rings. The Kier molecular flexibility index (Phi) is 6.05. The van der Waals surface area contributed by atoms with Crippen molar-refractivity contribution >= 4 is 22.8 Å². The zero-order chi connectivity index (χ0) is 22.2. The molecule has 2 aromatic heterocycles. The highest BCUT2D eigenvalue weighted by Crippen LogP contribution is 2.40. The predicted molar refractivity (Wildman–Crippen MR) is 115 cm³/mol. The number of rotatable bonds is 4. The van der Waals surface area contributed by atoms with Crippen LogP contribution in [-0.4, -0.2) is 27.7 Å². The molecule has 1 aliphatic rings. The van der Waals surface area contributed by atoms with E-state index in [1.807, 2.05) is 18.2 Å². The van der Waals surface area contributed by atoms with Gasteiger partial charge in [-0.05, 0) is 43.0 Å². The van der Waals surface area contributed by atoms with E-state index in [9.17, 15) is 13.2 Å². The summed E-state index contributed by atoms with van der Waals surface area (Å²) in [5.74, 6) is 1.53. The second kappa shape index (κ2) is 8.47. The molecule has 0 unspecified atom stereocenters. The maximum atomic E-state index is 13.3. The van der Waals surface area contributed by atoms with Crippen LogP contribution in [0.15, 0.2) is 46.5 Å². The molecule has 1 aliphatic heterocycles. The van der Waals surface area contributed by atoms with Crippen molar-refractivity contribution < 1.29 is 17.9 Å². The van der Waals surface area contributed by atoms with Crippen molar-refractivity contribution in [3.8, 4) is 0 Å². The molecule has 0 N–H and O–H groups in total. The minimum atomic E-state index is -4.44. The first-order valence-corrected chi connectivity index (χ1v) is 11.2. The summed E-state index contributed by atoms with van der Waals surface area (Å²) in [6.45, 7) is 8.86. The van der Waals surface area contributed by atoms with Gasteiger partial charge in [0.2, 0.25) is 0 Å². The van der Waals surface area contributed by atoms with E-state index in [1.54, 1.807) is 0 Å². The van der Waals surface area contributed by atoms with E-state index in [0.717, 1.165) is 72.3 Å². The Labute approximate surface area is 184 Å². The quantitative estimate of drug-likeness (QED) is 0.467. The summed E-state index contributed by atoms with van der Waals surface area (Å²) in [6.07, 6.45) is -0.123. The molecule has 0 bridgehead atoms. The van der Waals surface area contributed by atoms with Crippen LogP contribution in [0.25, 0.3) is 11.0 Å². The summed E-state index contributed by atoms with van der Waals surface area (Å²) in [5, 5.41) is 0. The van der Waals surface area contributed by atoms with E-state index >= 15 is 0 Å². The van der Waals surface area contributed by atoms with Gasteiger partial charge < -0.3 is 9.30 Å². The van der Waals surface area contributed by atoms with E-state index in [0.29, 0.717) is 5.92 Å². The Balaban J connectivity index is 1.70. The third-order valence-corrected chi connectivity index (χ3v) is 6.55. The molecular formula is C23H26F3N3OS. The molecule has 3 heterocycles. The summed E-state index contributed by atoms with van der Waals surface area (Å²) in [5.41, 5.74) is 0.961. The summed E-state index contributed by atoms with van der Waals surface area (Å²) >= 11 is 1.09. The minimum Gasteiger partial charge on any atom is -0.381 e. The van der Waals surface area contributed by atoms with Gasteiger partial charge in [-0.1, -0.05) is 32.5 Å². The van der Waals surface area contributed by atoms with Crippen molar-refractivity contribution in [2.45, 2.75) is 61.5 Å². The summed E-state index contributed by atoms with van der Waals surface area (Å²) < 4.78 is 47.8. The van der Waals surface area contributed by atoms with Crippen LogP contribution in [0.5, 0.6) is 0 Å². The molecule has 1 fully saturated rings. The molecule has 166 valence electrons. The van der Waals surface area contributed by atoms with Gasteiger partial charge in [0, 0.05) is 47.4 Å². The molecule has 0 atom stereocenters. The van der Waals surface area contributed by atoms with Crippen molar-refractivity contribution in [1.82, 2.24) is 14.5 Å². The number of hydrogen-bond acceptors (Lipinski definition) is 4. The lowest BCUT2D eigenvalue weighted by molar-refractivity contribution is -0.140.